The van der Waals surface area contributed by atoms with E-state index in [4.69, 9.17) is 0 Å². The van der Waals surface area contributed by atoms with Gasteiger partial charge in [-0.3, -0.25) is 9.20 Å². The number of aromatic nitrogens is 3. The van der Waals surface area contributed by atoms with Crippen molar-refractivity contribution in [3.05, 3.63) is 29.7 Å². The highest BCUT2D eigenvalue weighted by Gasteiger charge is 2.52. The Morgan fingerprint density at radius 2 is 2.19 bits per heavy atom. The lowest BCUT2D eigenvalue weighted by molar-refractivity contribution is -0.140. The van der Waals surface area contributed by atoms with Crippen LogP contribution < -0.4 is 0 Å². The second-order valence-corrected chi connectivity index (χ2v) is 4.28. The van der Waals surface area contributed by atoms with Crippen LogP contribution >= 0.6 is 0 Å². The van der Waals surface area contributed by atoms with E-state index in [1.165, 1.54) is 0 Å². The van der Waals surface area contributed by atoms with Crippen molar-refractivity contribution in [3.63, 3.8) is 0 Å². The van der Waals surface area contributed by atoms with E-state index < -0.39 is 11.4 Å². The van der Waals surface area contributed by atoms with Gasteiger partial charge >= 0.3 is 5.97 Å². The topological polar surface area (TPSA) is 67.5 Å². The van der Waals surface area contributed by atoms with Gasteiger partial charge in [-0.15, -0.1) is 10.2 Å². The molecule has 0 spiro atoms. The van der Waals surface area contributed by atoms with Crippen LogP contribution in [0, 0.1) is 6.92 Å². The quantitative estimate of drug-likeness (QED) is 0.819. The molecule has 0 unspecified atom stereocenters. The van der Waals surface area contributed by atoms with Crippen molar-refractivity contribution < 1.29 is 9.90 Å². The second-order valence-electron chi connectivity index (χ2n) is 4.28. The minimum absolute atomic E-state index is 0.662. The zero-order chi connectivity index (χ0) is 11.3. The summed E-state index contributed by atoms with van der Waals surface area (Å²) in [6.45, 7) is 1.85. The fraction of sp³-hybridized carbons (Fsp3) is 0.364. The second kappa shape index (κ2) is 2.81. The van der Waals surface area contributed by atoms with E-state index in [1.54, 1.807) is 0 Å². The monoisotopic (exact) mass is 217 g/mol. The fourth-order valence-corrected chi connectivity index (χ4v) is 2.04. The summed E-state index contributed by atoms with van der Waals surface area (Å²) in [6, 6.07) is 3.66. The number of pyridine rings is 1. The maximum absolute atomic E-state index is 11.2. The number of rotatable bonds is 2. The molecule has 0 aromatic carbocycles. The molecule has 5 heteroatoms. The average Bonchev–Trinajstić information content (AvgIpc) is 3.01. The SMILES string of the molecule is Cc1nnc2ccc(C3(C(=O)O)CC3)cn12. The third-order valence-corrected chi connectivity index (χ3v) is 3.28. The normalized spacial score (nSPS) is 17.6. The van der Waals surface area contributed by atoms with Gasteiger partial charge in [-0.2, -0.15) is 0 Å². The lowest BCUT2D eigenvalue weighted by Gasteiger charge is -2.10. The maximum Gasteiger partial charge on any atom is 0.314 e. The molecule has 0 amide bonds. The van der Waals surface area contributed by atoms with Crippen molar-refractivity contribution in [2.75, 3.05) is 0 Å². The lowest BCUT2D eigenvalue weighted by atomic mass is 9.98. The Kier molecular flexibility index (Phi) is 1.64. The summed E-state index contributed by atoms with van der Waals surface area (Å²) in [5.41, 5.74) is 0.933. The fourth-order valence-electron chi connectivity index (χ4n) is 2.04. The van der Waals surface area contributed by atoms with E-state index in [0.29, 0.717) is 0 Å². The van der Waals surface area contributed by atoms with E-state index in [1.807, 2.05) is 29.7 Å². The Bertz CT molecular complexity index is 584. The summed E-state index contributed by atoms with van der Waals surface area (Å²) in [6.07, 6.45) is 3.27. The largest absolute Gasteiger partial charge is 0.481 e. The maximum atomic E-state index is 11.2. The minimum atomic E-state index is -0.738. The summed E-state index contributed by atoms with van der Waals surface area (Å²) < 4.78 is 1.83. The van der Waals surface area contributed by atoms with E-state index in [9.17, 15) is 9.90 Å². The van der Waals surface area contributed by atoms with Gasteiger partial charge in [0.25, 0.3) is 0 Å². The molecular weight excluding hydrogens is 206 g/mol. The van der Waals surface area contributed by atoms with Gasteiger partial charge in [-0.25, -0.2) is 0 Å². The Morgan fingerprint density at radius 1 is 1.44 bits per heavy atom. The third-order valence-electron chi connectivity index (χ3n) is 3.28. The van der Waals surface area contributed by atoms with Gasteiger partial charge in [0, 0.05) is 6.20 Å². The van der Waals surface area contributed by atoms with E-state index in [0.717, 1.165) is 29.9 Å². The van der Waals surface area contributed by atoms with Crippen LogP contribution in [0.3, 0.4) is 0 Å². The Balaban J connectivity index is 2.18. The van der Waals surface area contributed by atoms with Gasteiger partial charge < -0.3 is 5.11 Å². The Labute approximate surface area is 91.7 Å². The molecule has 2 heterocycles. The molecule has 5 nitrogen and oxygen atoms in total. The zero-order valence-electron chi connectivity index (χ0n) is 8.84. The van der Waals surface area contributed by atoms with Gasteiger partial charge in [0.05, 0.1) is 5.41 Å². The first-order valence-electron chi connectivity index (χ1n) is 5.19. The molecule has 16 heavy (non-hydrogen) atoms. The van der Waals surface area contributed by atoms with Crippen molar-refractivity contribution in [1.29, 1.82) is 0 Å². The number of carbonyl (C=O) groups is 1. The summed E-state index contributed by atoms with van der Waals surface area (Å²) >= 11 is 0. The number of aliphatic carboxylic acids is 1. The molecule has 0 radical (unpaired) electrons. The highest BCUT2D eigenvalue weighted by atomic mass is 16.4. The van der Waals surface area contributed by atoms with Crippen LogP contribution in [0.1, 0.15) is 24.2 Å². The smallest absolute Gasteiger partial charge is 0.314 e. The van der Waals surface area contributed by atoms with Crippen LogP contribution in [0.15, 0.2) is 18.3 Å². The number of carboxylic acids is 1. The molecule has 1 fully saturated rings. The van der Waals surface area contributed by atoms with Crippen LogP contribution in [0.5, 0.6) is 0 Å². The van der Waals surface area contributed by atoms with Gasteiger partial charge in [-0.05, 0) is 31.4 Å². The average molecular weight is 217 g/mol. The summed E-state index contributed by atoms with van der Waals surface area (Å²) in [5, 5.41) is 17.1. The molecule has 0 bridgehead atoms. The third kappa shape index (κ3) is 1.08. The predicted molar refractivity (Wildman–Crippen MR) is 56.3 cm³/mol. The first-order valence-corrected chi connectivity index (χ1v) is 5.19. The van der Waals surface area contributed by atoms with E-state index >= 15 is 0 Å². The molecule has 1 aliphatic carbocycles. The van der Waals surface area contributed by atoms with Crippen LogP contribution in [-0.2, 0) is 10.2 Å². The first-order chi connectivity index (χ1) is 7.63. The first kappa shape index (κ1) is 9.33. The molecule has 3 rings (SSSR count). The molecule has 0 aliphatic heterocycles. The molecular formula is C11H11N3O2. The van der Waals surface area contributed by atoms with Crippen molar-refractivity contribution in [2.24, 2.45) is 0 Å². The molecule has 2 aromatic heterocycles. The molecule has 0 saturated heterocycles. The molecule has 0 atom stereocenters. The van der Waals surface area contributed by atoms with Gasteiger partial charge in [-0.1, -0.05) is 6.07 Å². The highest BCUT2D eigenvalue weighted by molar-refractivity contribution is 5.84. The standard InChI is InChI=1S/C11H11N3O2/c1-7-12-13-9-3-2-8(6-14(7)9)11(4-5-11)10(15)16/h2-3,6H,4-5H2,1H3,(H,15,16). The van der Waals surface area contributed by atoms with Crippen LogP contribution in [0.2, 0.25) is 0 Å². The van der Waals surface area contributed by atoms with E-state index in [2.05, 4.69) is 10.2 Å². The van der Waals surface area contributed by atoms with Crippen LogP contribution in [0.4, 0.5) is 0 Å². The van der Waals surface area contributed by atoms with Crippen LogP contribution in [-0.4, -0.2) is 25.7 Å². The van der Waals surface area contributed by atoms with Gasteiger partial charge in [0.15, 0.2) is 5.65 Å². The molecule has 82 valence electrons. The number of aryl methyl sites for hydroxylation is 1. The van der Waals surface area contributed by atoms with Crippen LogP contribution in [0.25, 0.3) is 5.65 Å². The lowest BCUT2D eigenvalue weighted by Crippen LogP contribution is -2.19. The van der Waals surface area contributed by atoms with E-state index in [-0.39, 0.29) is 0 Å². The summed E-state index contributed by atoms with van der Waals surface area (Å²) in [5.74, 6) is 0.0376. The van der Waals surface area contributed by atoms with Gasteiger partial charge in [0.2, 0.25) is 0 Å². The number of hydrogen-bond donors (Lipinski definition) is 1. The Hall–Kier alpha value is -1.91. The number of fused-ring (bicyclic) bond motifs is 1. The number of hydrogen-bond acceptors (Lipinski definition) is 3. The number of carboxylic acid groups (broad SMARTS) is 1. The minimum Gasteiger partial charge on any atom is -0.481 e. The molecule has 1 N–H and O–H groups in total. The molecule has 1 saturated carbocycles. The molecule has 1 aliphatic rings. The number of nitrogens with zero attached hydrogens (tertiary/aromatic N) is 3. The zero-order valence-corrected chi connectivity index (χ0v) is 8.84. The molecule has 2 aromatic rings. The summed E-state index contributed by atoms with van der Waals surface area (Å²) in [4.78, 5) is 11.2. The predicted octanol–water partition coefficient (Wildman–Crippen LogP) is 1.15. The van der Waals surface area contributed by atoms with Crippen molar-refractivity contribution in [2.45, 2.75) is 25.2 Å². The Morgan fingerprint density at radius 3 is 2.81 bits per heavy atom. The highest BCUT2D eigenvalue weighted by Crippen LogP contribution is 2.48. The van der Waals surface area contributed by atoms with Crippen molar-refractivity contribution in [3.8, 4) is 0 Å². The summed E-state index contributed by atoms with van der Waals surface area (Å²) in [7, 11) is 0. The van der Waals surface area contributed by atoms with Crippen molar-refractivity contribution >= 4 is 11.6 Å². The van der Waals surface area contributed by atoms with Gasteiger partial charge in [0.1, 0.15) is 5.82 Å². The van der Waals surface area contributed by atoms with Crippen molar-refractivity contribution in [1.82, 2.24) is 14.6 Å².